The van der Waals surface area contributed by atoms with Gasteiger partial charge in [-0.3, -0.25) is 4.79 Å². The maximum Gasteiger partial charge on any atom is 0.276 e. The van der Waals surface area contributed by atoms with Crippen molar-refractivity contribution in [3.05, 3.63) is 46.6 Å². The molecule has 8 heteroatoms. The molecule has 0 aromatic carbocycles. The highest BCUT2D eigenvalue weighted by molar-refractivity contribution is 7.13. The Morgan fingerprint density at radius 2 is 1.93 bits per heavy atom. The molecule has 0 spiro atoms. The Hall–Kier alpha value is -2.74. The van der Waals surface area contributed by atoms with E-state index in [0.29, 0.717) is 24.5 Å². The predicted molar refractivity (Wildman–Crippen MR) is 107 cm³/mol. The number of hydrogen-bond acceptors (Lipinski definition) is 7. The van der Waals surface area contributed by atoms with Gasteiger partial charge >= 0.3 is 0 Å². The fourth-order valence-electron chi connectivity index (χ4n) is 3.84. The van der Waals surface area contributed by atoms with Crippen LogP contribution in [0.1, 0.15) is 34.6 Å². The van der Waals surface area contributed by atoms with E-state index in [1.165, 1.54) is 18.4 Å². The number of aryl methyl sites for hydroxylation is 2. The van der Waals surface area contributed by atoms with E-state index in [4.69, 9.17) is 4.52 Å². The number of rotatable bonds is 3. The van der Waals surface area contributed by atoms with E-state index in [9.17, 15) is 4.79 Å². The van der Waals surface area contributed by atoms with Crippen molar-refractivity contribution >= 4 is 23.1 Å². The summed E-state index contributed by atoms with van der Waals surface area (Å²) in [5.74, 6) is 1.48. The SMILES string of the molecule is O=C(c1cc(-c2cccs2)on1)N1CCN(c2cc3c(nn2)CCCC3)CC1. The Bertz CT molecular complexity index is 976. The molecule has 2 aliphatic rings. The summed E-state index contributed by atoms with van der Waals surface area (Å²) in [6, 6.07) is 7.82. The molecule has 144 valence electrons. The first kappa shape index (κ1) is 17.4. The molecule has 0 bridgehead atoms. The second-order valence-corrected chi connectivity index (χ2v) is 8.16. The van der Waals surface area contributed by atoms with Gasteiger partial charge in [0.25, 0.3) is 5.91 Å². The van der Waals surface area contributed by atoms with E-state index in [-0.39, 0.29) is 5.91 Å². The molecule has 4 heterocycles. The Morgan fingerprint density at radius 1 is 1.07 bits per heavy atom. The summed E-state index contributed by atoms with van der Waals surface area (Å²) in [7, 11) is 0. The average molecular weight is 395 g/mol. The highest BCUT2D eigenvalue weighted by Gasteiger charge is 2.26. The molecule has 1 aliphatic heterocycles. The van der Waals surface area contributed by atoms with Crippen LogP contribution in [-0.2, 0) is 12.8 Å². The molecule has 3 aromatic heterocycles. The first-order valence-electron chi connectivity index (χ1n) is 9.68. The molecule has 0 radical (unpaired) electrons. The van der Waals surface area contributed by atoms with Gasteiger partial charge < -0.3 is 14.3 Å². The topological polar surface area (TPSA) is 75.4 Å². The number of thiophene rings is 1. The zero-order chi connectivity index (χ0) is 18.9. The van der Waals surface area contributed by atoms with Crippen molar-refractivity contribution in [3.63, 3.8) is 0 Å². The molecule has 1 aliphatic carbocycles. The second kappa shape index (κ2) is 7.35. The summed E-state index contributed by atoms with van der Waals surface area (Å²) in [6.07, 6.45) is 4.56. The van der Waals surface area contributed by atoms with E-state index >= 15 is 0 Å². The van der Waals surface area contributed by atoms with Crippen molar-refractivity contribution in [2.75, 3.05) is 31.1 Å². The monoisotopic (exact) mass is 395 g/mol. The zero-order valence-corrected chi connectivity index (χ0v) is 16.3. The normalized spacial score (nSPS) is 16.9. The molecule has 0 unspecified atom stereocenters. The van der Waals surface area contributed by atoms with Gasteiger partial charge in [-0.1, -0.05) is 11.2 Å². The molecule has 1 amide bonds. The van der Waals surface area contributed by atoms with Gasteiger partial charge in [0.1, 0.15) is 0 Å². The van der Waals surface area contributed by atoms with Crippen molar-refractivity contribution in [1.82, 2.24) is 20.3 Å². The minimum absolute atomic E-state index is 0.0808. The lowest BCUT2D eigenvalue weighted by atomic mass is 9.97. The number of amides is 1. The molecule has 0 N–H and O–H groups in total. The molecule has 7 nitrogen and oxygen atoms in total. The zero-order valence-electron chi connectivity index (χ0n) is 15.5. The number of aromatic nitrogens is 3. The van der Waals surface area contributed by atoms with E-state index < -0.39 is 0 Å². The fourth-order valence-corrected chi connectivity index (χ4v) is 4.52. The molecular formula is C20H21N5O2S. The van der Waals surface area contributed by atoms with Gasteiger partial charge in [-0.15, -0.1) is 16.4 Å². The standard InChI is InChI=1S/C20H21N5O2S/c26-20(16-13-17(27-23-16)18-6-3-11-28-18)25-9-7-24(8-10-25)19-12-14-4-1-2-5-15(14)21-22-19/h3,6,11-13H,1-2,4-5,7-10H2. The number of carbonyl (C=O) groups is 1. The molecule has 5 rings (SSSR count). The third-order valence-corrected chi connectivity index (χ3v) is 6.33. The van der Waals surface area contributed by atoms with E-state index in [1.54, 1.807) is 17.4 Å². The number of piperazine rings is 1. The van der Waals surface area contributed by atoms with Crippen molar-refractivity contribution in [3.8, 4) is 10.6 Å². The first-order valence-corrected chi connectivity index (χ1v) is 10.6. The van der Waals surface area contributed by atoms with Crippen LogP contribution in [0.3, 0.4) is 0 Å². The number of anilines is 1. The van der Waals surface area contributed by atoms with E-state index in [1.807, 2.05) is 22.4 Å². The fraction of sp³-hybridized carbons (Fsp3) is 0.400. The minimum atomic E-state index is -0.0808. The predicted octanol–water partition coefficient (Wildman–Crippen LogP) is 3.03. The highest BCUT2D eigenvalue weighted by Crippen LogP contribution is 2.26. The number of nitrogens with zero attached hydrogens (tertiary/aromatic N) is 5. The van der Waals surface area contributed by atoms with Crippen molar-refractivity contribution in [2.45, 2.75) is 25.7 Å². The summed E-state index contributed by atoms with van der Waals surface area (Å²) in [6.45, 7) is 2.77. The smallest absolute Gasteiger partial charge is 0.276 e. The van der Waals surface area contributed by atoms with Crippen LogP contribution in [0.2, 0.25) is 0 Å². The highest BCUT2D eigenvalue weighted by atomic mass is 32.1. The van der Waals surface area contributed by atoms with E-state index in [2.05, 4.69) is 26.3 Å². The first-order chi connectivity index (χ1) is 13.8. The number of carbonyl (C=O) groups excluding carboxylic acids is 1. The third kappa shape index (κ3) is 3.28. The van der Waals surface area contributed by atoms with Gasteiger partial charge in [-0.25, -0.2) is 0 Å². The van der Waals surface area contributed by atoms with Gasteiger partial charge in [0.2, 0.25) is 0 Å². The molecule has 0 saturated carbocycles. The lowest BCUT2D eigenvalue weighted by molar-refractivity contribution is 0.0736. The van der Waals surface area contributed by atoms with E-state index in [0.717, 1.165) is 42.3 Å². The molecular weight excluding hydrogens is 374 g/mol. The number of fused-ring (bicyclic) bond motifs is 1. The van der Waals surface area contributed by atoms with Crippen LogP contribution in [0.15, 0.2) is 34.2 Å². The minimum Gasteiger partial charge on any atom is -0.355 e. The maximum atomic E-state index is 12.8. The lowest BCUT2D eigenvalue weighted by Crippen LogP contribution is -2.49. The maximum absolute atomic E-state index is 12.8. The summed E-state index contributed by atoms with van der Waals surface area (Å²) in [5.41, 5.74) is 2.85. The summed E-state index contributed by atoms with van der Waals surface area (Å²) >= 11 is 1.57. The Kier molecular flexibility index (Phi) is 4.56. The van der Waals surface area contributed by atoms with Crippen LogP contribution in [0, 0.1) is 0 Å². The molecule has 1 fully saturated rings. The van der Waals surface area contributed by atoms with Crippen molar-refractivity contribution in [2.24, 2.45) is 0 Å². The molecule has 0 atom stereocenters. The van der Waals surface area contributed by atoms with Gasteiger partial charge in [-0.2, -0.15) is 5.10 Å². The molecule has 3 aromatic rings. The van der Waals surface area contributed by atoms with Crippen molar-refractivity contribution < 1.29 is 9.32 Å². The van der Waals surface area contributed by atoms with Crippen LogP contribution in [0.4, 0.5) is 5.82 Å². The van der Waals surface area contributed by atoms with Crippen molar-refractivity contribution in [1.29, 1.82) is 0 Å². The molecule has 28 heavy (non-hydrogen) atoms. The summed E-state index contributed by atoms with van der Waals surface area (Å²) in [4.78, 5) is 17.8. The van der Waals surface area contributed by atoms with Crippen LogP contribution in [-0.4, -0.2) is 52.3 Å². The Balaban J connectivity index is 1.24. The largest absolute Gasteiger partial charge is 0.355 e. The second-order valence-electron chi connectivity index (χ2n) is 7.21. The third-order valence-electron chi connectivity index (χ3n) is 5.44. The van der Waals surface area contributed by atoms with Crippen LogP contribution < -0.4 is 4.90 Å². The summed E-state index contributed by atoms with van der Waals surface area (Å²) < 4.78 is 5.35. The van der Waals surface area contributed by atoms with Crippen LogP contribution in [0.25, 0.3) is 10.6 Å². The van der Waals surface area contributed by atoms with Gasteiger partial charge in [-0.05, 0) is 48.8 Å². The van der Waals surface area contributed by atoms with Crippen LogP contribution >= 0.6 is 11.3 Å². The van der Waals surface area contributed by atoms with Crippen LogP contribution in [0.5, 0.6) is 0 Å². The lowest BCUT2D eigenvalue weighted by Gasteiger charge is -2.35. The quantitative estimate of drug-likeness (QED) is 0.679. The Labute approximate surface area is 167 Å². The molecule has 1 saturated heterocycles. The van der Waals surface area contributed by atoms with Gasteiger partial charge in [0.05, 0.1) is 10.6 Å². The van der Waals surface area contributed by atoms with Gasteiger partial charge in [0, 0.05) is 32.2 Å². The average Bonchev–Trinajstić information content (AvgIpc) is 3.45. The number of hydrogen-bond donors (Lipinski definition) is 0. The van der Waals surface area contributed by atoms with Gasteiger partial charge in [0.15, 0.2) is 17.3 Å². The Morgan fingerprint density at radius 3 is 2.75 bits per heavy atom. The summed E-state index contributed by atoms with van der Waals surface area (Å²) in [5, 5.41) is 14.8.